The molecular formula is C31H33N5O7S2. The van der Waals surface area contributed by atoms with Crippen molar-refractivity contribution in [2.24, 2.45) is 16.1 Å². The van der Waals surface area contributed by atoms with E-state index in [-0.39, 0.29) is 51.1 Å². The minimum absolute atomic E-state index is 0.00768. The van der Waals surface area contributed by atoms with Crippen molar-refractivity contribution in [1.29, 1.82) is 0 Å². The first-order valence-corrected chi connectivity index (χ1v) is 17.2. The highest BCUT2D eigenvalue weighted by atomic mass is 32.2. The number of fused-ring (bicyclic) bond motifs is 1. The summed E-state index contributed by atoms with van der Waals surface area (Å²) in [5, 5.41) is 22.1. The summed E-state index contributed by atoms with van der Waals surface area (Å²) in [6.45, 7) is 1.65. The van der Waals surface area contributed by atoms with Gasteiger partial charge in [0.1, 0.15) is 22.0 Å². The maximum atomic E-state index is 14.4. The molecule has 5 N–H and O–H groups in total. The van der Waals surface area contributed by atoms with Crippen LogP contribution in [0.4, 0.5) is 28.4 Å². The number of benzene rings is 4. The van der Waals surface area contributed by atoms with E-state index in [2.05, 4.69) is 15.5 Å². The third-order valence-electron chi connectivity index (χ3n) is 7.69. The summed E-state index contributed by atoms with van der Waals surface area (Å²) in [7, 11) is -8.79. The highest BCUT2D eigenvalue weighted by molar-refractivity contribution is 7.93. The van der Waals surface area contributed by atoms with Gasteiger partial charge in [0.2, 0.25) is 5.91 Å². The molecule has 1 aliphatic rings. The van der Waals surface area contributed by atoms with Gasteiger partial charge in [0.05, 0.1) is 21.7 Å². The number of rotatable bonds is 9. The molecule has 0 atom stereocenters. The molecule has 1 amide bonds. The number of hydrogen-bond donors (Lipinski definition) is 4. The van der Waals surface area contributed by atoms with Crippen LogP contribution in [0, 0.1) is 5.92 Å². The van der Waals surface area contributed by atoms with E-state index in [1.807, 2.05) is 0 Å². The Balaban J connectivity index is 1.57. The summed E-state index contributed by atoms with van der Waals surface area (Å²) in [6.07, 6.45) is 4.97. The van der Waals surface area contributed by atoms with Crippen molar-refractivity contribution in [2.45, 2.75) is 48.8 Å². The van der Waals surface area contributed by atoms with Crippen LogP contribution in [0.1, 0.15) is 39.0 Å². The van der Waals surface area contributed by atoms with E-state index in [1.165, 1.54) is 35.5 Å². The molecule has 0 radical (unpaired) electrons. The molecule has 1 fully saturated rings. The Bertz CT molecular complexity index is 1990. The second-order valence-electron chi connectivity index (χ2n) is 11.0. The molecule has 14 heteroatoms. The Hall–Kier alpha value is -4.53. The molecule has 0 spiro atoms. The maximum Gasteiger partial charge on any atom is 0.294 e. The van der Waals surface area contributed by atoms with Crippen LogP contribution in [0.2, 0.25) is 0 Å². The number of azo groups is 1. The van der Waals surface area contributed by atoms with Crippen LogP contribution in [0.5, 0.6) is 5.75 Å². The van der Waals surface area contributed by atoms with Crippen molar-refractivity contribution in [2.75, 3.05) is 21.9 Å². The molecule has 5 rings (SSSR count). The normalized spacial score (nSPS) is 14.5. The molecule has 1 aliphatic carbocycles. The van der Waals surface area contributed by atoms with Crippen molar-refractivity contribution in [3.05, 3.63) is 72.8 Å². The fourth-order valence-electron chi connectivity index (χ4n) is 5.51. The molecule has 4 aromatic rings. The van der Waals surface area contributed by atoms with E-state index in [0.29, 0.717) is 11.4 Å². The van der Waals surface area contributed by atoms with E-state index >= 15 is 0 Å². The van der Waals surface area contributed by atoms with Gasteiger partial charge in [0, 0.05) is 25.2 Å². The fraction of sp³-hybridized carbons (Fsp3) is 0.258. The fourth-order valence-corrected chi connectivity index (χ4v) is 7.72. The van der Waals surface area contributed by atoms with Gasteiger partial charge in [0.25, 0.3) is 20.1 Å². The van der Waals surface area contributed by atoms with Gasteiger partial charge >= 0.3 is 0 Å². The highest BCUT2D eigenvalue weighted by Gasteiger charge is 2.30. The summed E-state index contributed by atoms with van der Waals surface area (Å²) in [5.41, 5.74) is 7.23. The Kier molecular flexibility index (Phi) is 9.09. The lowest BCUT2D eigenvalue weighted by Crippen LogP contribution is -2.36. The number of nitrogens with two attached hydrogens (primary N) is 1. The van der Waals surface area contributed by atoms with E-state index in [0.717, 1.165) is 44.2 Å². The van der Waals surface area contributed by atoms with Crippen molar-refractivity contribution in [1.82, 2.24) is 0 Å². The number of amides is 1. The Labute approximate surface area is 261 Å². The molecule has 0 saturated heterocycles. The van der Waals surface area contributed by atoms with Gasteiger partial charge in [-0.05, 0) is 72.7 Å². The first-order valence-electron chi connectivity index (χ1n) is 14.3. The largest absolute Gasteiger partial charge is 0.507 e. The number of aromatic hydroxyl groups is 1. The molecule has 0 heterocycles. The monoisotopic (exact) mass is 651 g/mol. The Morgan fingerprint density at radius 3 is 2.31 bits per heavy atom. The van der Waals surface area contributed by atoms with Gasteiger partial charge < -0.3 is 16.2 Å². The number of nitrogens with one attached hydrogen (secondary N) is 1. The van der Waals surface area contributed by atoms with E-state index < -0.39 is 30.8 Å². The number of hydrogen-bond acceptors (Lipinski definition) is 9. The van der Waals surface area contributed by atoms with Crippen molar-refractivity contribution >= 4 is 65.3 Å². The van der Waals surface area contributed by atoms with Crippen LogP contribution in [-0.2, 0) is 24.9 Å². The topological polar surface area (TPSA) is 192 Å². The standard InChI is InChI=1S/C31H33N5O7S2/c1-20(37)33-23-12-14-24(15-13-23)36(19-21-7-3-2-4-8-21)44(39,40)29-10-6-5-9-27(29)34-35-31-26(32)16-11-22-17-25(45(41,42)43)18-28(38)30(22)31/h5-6,9-18,21,38H,2-4,7-8,19,32H2,1H3,(H,33,37)(H,41,42,43)/b35-34+. The summed E-state index contributed by atoms with van der Waals surface area (Å²) in [6, 6.07) is 17.6. The minimum atomic E-state index is -4.60. The highest BCUT2D eigenvalue weighted by Crippen LogP contribution is 2.41. The van der Waals surface area contributed by atoms with Gasteiger partial charge in [0.15, 0.2) is 0 Å². The number of nitrogens with zero attached hydrogens (tertiary/aromatic N) is 3. The second-order valence-corrected chi connectivity index (χ2v) is 14.2. The Morgan fingerprint density at radius 1 is 0.956 bits per heavy atom. The van der Waals surface area contributed by atoms with Gasteiger partial charge in [-0.2, -0.15) is 8.42 Å². The predicted octanol–water partition coefficient (Wildman–Crippen LogP) is 6.52. The molecule has 12 nitrogen and oxygen atoms in total. The number of nitrogen functional groups attached to an aromatic ring is 1. The molecular weight excluding hydrogens is 619 g/mol. The van der Waals surface area contributed by atoms with Gasteiger partial charge in [-0.1, -0.05) is 37.5 Å². The van der Waals surface area contributed by atoms with Crippen molar-refractivity contribution in [3.63, 3.8) is 0 Å². The third kappa shape index (κ3) is 7.08. The van der Waals surface area contributed by atoms with Gasteiger partial charge in [-0.15, -0.1) is 10.2 Å². The molecule has 45 heavy (non-hydrogen) atoms. The Morgan fingerprint density at radius 2 is 1.64 bits per heavy atom. The quantitative estimate of drug-likeness (QED) is 0.0892. The van der Waals surface area contributed by atoms with Crippen LogP contribution >= 0.6 is 0 Å². The predicted molar refractivity (Wildman–Crippen MR) is 172 cm³/mol. The third-order valence-corrected chi connectivity index (χ3v) is 10.4. The number of carbonyl (C=O) groups excluding carboxylic acids is 1. The van der Waals surface area contributed by atoms with Gasteiger partial charge in [-0.3, -0.25) is 13.7 Å². The number of sulfonamides is 1. The zero-order valence-electron chi connectivity index (χ0n) is 24.4. The smallest absolute Gasteiger partial charge is 0.294 e. The molecule has 236 valence electrons. The first-order chi connectivity index (χ1) is 21.3. The van der Waals surface area contributed by atoms with Crippen molar-refractivity contribution < 1.29 is 31.3 Å². The number of carbonyl (C=O) groups is 1. The van der Waals surface area contributed by atoms with E-state index in [4.69, 9.17) is 5.73 Å². The molecule has 0 bridgehead atoms. The number of phenols is 1. The minimum Gasteiger partial charge on any atom is -0.507 e. The lowest BCUT2D eigenvalue weighted by atomic mass is 9.89. The summed E-state index contributed by atoms with van der Waals surface area (Å²) >= 11 is 0. The zero-order chi connectivity index (χ0) is 32.4. The van der Waals surface area contributed by atoms with E-state index in [9.17, 15) is 31.3 Å². The summed E-state index contributed by atoms with van der Waals surface area (Å²) in [5.74, 6) is -0.597. The zero-order valence-corrected chi connectivity index (χ0v) is 26.1. The summed E-state index contributed by atoms with van der Waals surface area (Å²) in [4.78, 5) is 10.9. The first kappa shape index (κ1) is 31.9. The van der Waals surface area contributed by atoms with Crippen LogP contribution in [0.3, 0.4) is 0 Å². The number of phenolic OH excluding ortho intramolecular Hbond substituents is 1. The molecule has 0 aromatic heterocycles. The molecule has 0 aliphatic heterocycles. The average Bonchev–Trinajstić information content (AvgIpc) is 3.00. The molecule has 4 aromatic carbocycles. The number of anilines is 3. The lowest BCUT2D eigenvalue weighted by molar-refractivity contribution is -0.114. The van der Waals surface area contributed by atoms with Crippen molar-refractivity contribution in [3.8, 4) is 5.75 Å². The maximum absolute atomic E-state index is 14.4. The van der Waals surface area contributed by atoms with E-state index in [1.54, 1.807) is 36.4 Å². The lowest BCUT2D eigenvalue weighted by Gasteiger charge is -2.31. The summed E-state index contributed by atoms with van der Waals surface area (Å²) < 4.78 is 62.9. The van der Waals surface area contributed by atoms with Crippen LogP contribution in [0.25, 0.3) is 10.8 Å². The van der Waals surface area contributed by atoms with Crippen LogP contribution in [0.15, 0.2) is 92.8 Å². The molecule has 1 saturated carbocycles. The molecule has 0 unspecified atom stereocenters. The van der Waals surface area contributed by atoms with Crippen LogP contribution < -0.4 is 15.4 Å². The van der Waals surface area contributed by atoms with Gasteiger partial charge in [-0.25, -0.2) is 8.42 Å². The van der Waals surface area contributed by atoms with Crippen LogP contribution in [-0.4, -0.2) is 38.9 Å². The SMILES string of the molecule is CC(=O)Nc1ccc(N(CC2CCCCC2)S(=O)(=O)c2ccccc2/N=N/c2c(N)ccc3cc(S(=O)(=O)O)cc(O)c23)cc1. The second kappa shape index (κ2) is 12.8. The average molecular weight is 652 g/mol.